The summed E-state index contributed by atoms with van der Waals surface area (Å²) in [6.07, 6.45) is 0.453. The van der Waals surface area contributed by atoms with Gasteiger partial charge in [0, 0.05) is 38.3 Å². The van der Waals surface area contributed by atoms with Crippen LogP contribution < -0.4 is 0 Å². The molecule has 3 fully saturated rings. The standard InChI is InChI=1S/C20H27N3O4/c1-15-4-2-5-16(12-15)19(24)22-13-17-18(14-22)27-20(25)23(17)7-3-6-21-8-10-26-11-9-21/h2,4-5,12,17-18H,3,6-11,13-14H2,1H3. The third-order valence-corrected chi connectivity index (χ3v) is 5.65. The zero-order valence-electron chi connectivity index (χ0n) is 15.8. The van der Waals surface area contributed by atoms with Crippen LogP contribution in [0.15, 0.2) is 24.3 Å². The van der Waals surface area contributed by atoms with Crippen LogP contribution in [0.25, 0.3) is 0 Å². The van der Waals surface area contributed by atoms with E-state index in [2.05, 4.69) is 4.90 Å². The maximum absolute atomic E-state index is 12.8. The number of carbonyl (C=O) groups excluding carboxylic acids is 2. The number of nitrogens with zero attached hydrogens (tertiary/aromatic N) is 3. The van der Waals surface area contributed by atoms with Gasteiger partial charge in [-0.3, -0.25) is 14.6 Å². The number of hydrogen-bond acceptors (Lipinski definition) is 5. The van der Waals surface area contributed by atoms with Crippen molar-refractivity contribution in [3.05, 3.63) is 35.4 Å². The van der Waals surface area contributed by atoms with E-state index in [-0.39, 0.29) is 24.1 Å². The SMILES string of the molecule is Cc1cccc(C(=O)N2CC3OC(=O)N(CCCN4CCOCC4)C3C2)c1. The molecule has 1 aromatic carbocycles. The molecule has 3 saturated heterocycles. The number of hydrogen-bond donors (Lipinski definition) is 0. The van der Waals surface area contributed by atoms with Gasteiger partial charge in [0.05, 0.1) is 25.8 Å². The van der Waals surface area contributed by atoms with Crippen LogP contribution in [0.4, 0.5) is 4.79 Å². The number of aryl methyl sites for hydroxylation is 1. The van der Waals surface area contributed by atoms with E-state index in [1.165, 1.54) is 0 Å². The van der Waals surface area contributed by atoms with Crippen molar-refractivity contribution in [1.29, 1.82) is 0 Å². The van der Waals surface area contributed by atoms with Crippen LogP contribution in [0.1, 0.15) is 22.3 Å². The number of carbonyl (C=O) groups is 2. The smallest absolute Gasteiger partial charge is 0.410 e. The summed E-state index contributed by atoms with van der Waals surface area (Å²) in [6, 6.07) is 7.60. The predicted molar refractivity (Wildman–Crippen MR) is 99.7 cm³/mol. The Morgan fingerprint density at radius 1 is 1.19 bits per heavy atom. The van der Waals surface area contributed by atoms with Gasteiger partial charge in [0.25, 0.3) is 5.91 Å². The number of benzene rings is 1. The largest absolute Gasteiger partial charge is 0.442 e. The molecular formula is C20H27N3O4. The van der Waals surface area contributed by atoms with Crippen LogP contribution in [-0.2, 0) is 9.47 Å². The fourth-order valence-electron chi connectivity index (χ4n) is 4.18. The third-order valence-electron chi connectivity index (χ3n) is 5.65. The molecule has 0 aliphatic carbocycles. The lowest BCUT2D eigenvalue weighted by molar-refractivity contribution is 0.0362. The van der Waals surface area contributed by atoms with Gasteiger partial charge in [-0.2, -0.15) is 0 Å². The van der Waals surface area contributed by atoms with Crippen molar-refractivity contribution in [2.75, 3.05) is 52.5 Å². The maximum Gasteiger partial charge on any atom is 0.410 e. The lowest BCUT2D eigenvalue weighted by atomic mass is 10.1. The zero-order valence-corrected chi connectivity index (χ0v) is 15.8. The Balaban J connectivity index is 1.33. The third kappa shape index (κ3) is 3.94. The second-order valence-corrected chi connectivity index (χ2v) is 7.57. The molecule has 7 nitrogen and oxygen atoms in total. The molecule has 2 amide bonds. The van der Waals surface area contributed by atoms with E-state index in [1.54, 1.807) is 0 Å². The predicted octanol–water partition coefficient (Wildman–Crippen LogP) is 1.36. The molecule has 0 spiro atoms. The number of morpholine rings is 1. The van der Waals surface area contributed by atoms with Gasteiger partial charge in [-0.25, -0.2) is 4.79 Å². The average Bonchev–Trinajstić information content (AvgIpc) is 3.20. The van der Waals surface area contributed by atoms with Crippen LogP contribution in [0.2, 0.25) is 0 Å². The van der Waals surface area contributed by atoms with Gasteiger partial charge >= 0.3 is 6.09 Å². The van der Waals surface area contributed by atoms with E-state index in [0.717, 1.165) is 44.8 Å². The monoisotopic (exact) mass is 373 g/mol. The summed E-state index contributed by atoms with van der Waals surface area (Å²) in [4.78, 5) is 31.0. The molecule has 0 bridgehead atoms. The Bertz CT molecular complexity index is 704. The first-order valence-electron chi connectivity index (χ1n) is 9.75. The van der Waals surface area contributed by atoms with Crippen LogP contribution in [-0.4, -0.2) is 91.3 Å². The van der Waals surface area contributed by atoms with E-state index in [9.17, 15) is 9.59 Å². The molecule has 3 aliphatic heterocycles. The molecular weight excluding hydrogens is 346 g/mol. The zero-order chi connectivity index (χ0) is 18.8. The fraction of sp³-hybridized carbons (Fsp3) is 0.600. The normalized spacial score (nSPS) is 25.6. The molecule has 3 aliphatic rings. The molecule has 146 valence electrons. The number of ether oxygens (including phenoxy) is 2. The summed E-state index contributed by atoms with van der Waals surface area (Å²) in [6.45, 7) is 8.10. The summed E-state index contributed by atoms with van der Waals surface area (Å²) in [5.41, 5.74) is 1.76. The van der Waals surface area contributed by atoms with Crippen molar-refractivity contribution in [2.45, 2.75) is 25.5 Å². The topological polar surface area (TPSA) is 62.3 Å². The van der Waals surface area contributed by atoms with E-state index < -0.39 is 0 Å². The minimum absolute atomic E-state index is 0.0115. The quantitative estimate of drug-likeness (QED) is 0.780. The summed E-state index contributed by atoms with van der Waals surface area (Å²) >= 11 is 0. The van der Waals surface area contributed by atoms with E-state index in [1.807, 2.05) is 41.0 Å². The summed E-state index contributed by atoms with van der Waals surface area (Å²) < 4.78 is 10.9. The van der Waals surface area contributed by atoms with Crippen LogP contribution >= 0.6 is 0 Å². The molecule has 1 aromatic rings. The molecule has 2 unspecified atom stereocenters. The Kier molecular flexibility index (Phi) is 5.31. The molecule has 3 heterocycles. The van der Waals surface area contributed by atoms with Crippen LogP contribution in [0.5, 0.6) is 0 Å². The average molecular weight is 373 g/mol. The van der Waals surface area contributed by atoms with Crippen molar-refractivity contribution >= 4 is 12.0 Å². The second kappa shape index (κ2) is 7.86. The highest BCUT2D eigenvalue weighted by Crippen LogP contribution is 2.28. The van der Waals surface area contributed by atoms with Crippen molar-refractivity contribution in [3.8, 4) is 0 Å². The Morgan fingerprint density at radius 2 is 2.00 bits per heavy atom. The summed E-state index contributed by atoms with van der Waals surface area (Å²) in [7, 11) is 0. The lowest BCUT2D eigenvalue weighted by Crippen LogP contribution is -2.42. The minimum atomic E-state index is -0.241. The number of fused-ring (bicyclic) bond motifs is 1. The van der Waals surface area contributed by atoms with Gasteiger partial charge in [0.2, 0.25) is 0 Å². The van der Waals surface area contributed by atoms with Gasteiger partial charge in [0.15, 0.2) is 0 Å². The lowest BCUT2D eigenvalue weighted by Gasteiger charge is -2.28. The van der Waals surface area contributed by atoms with Gasteiger partial charge in [-0.05, 0) is 25.5 Å². The molecule has 7 heteroatoms. The maximum atomic E-state index is 12.8. The highest BCUT2D eigenvalue weighted by Gasteiger charge is 2.48. The first kappa shape index (κ1) is 18.3. The molecule has 0 saturated carbocycles. The van der Waals surface area contributed by atoms with Crippen molar-refractivity contribution in [1.82, 2.24) is 14.7 Å². The molecule has 27 heavy (non-hydrogen) atoms. The number of likely N-dealkylation sites (tertiary alicyclic amines) is 1. The molecule has 2 atom stereocenters. The first-order chi connectivity index (χ1) is 13.1. The summed E-state index contributed by atoms with van der Waals surface area (Å²) in [5.74, 6) is 0.0115. The minimum Gasteiger partial charge on any atom is -0.442 e. The second-order valence-electron chi connectivity index (χ2n) is 7.57. The number of amides is 2. The number of rotatable bonds is 5. The van der Waals surface area contributed by atoms with Gasteiger partial charge in [-0.15, -0.1) is 0 Å². The molecule has 0 radical (unpaired) electrons. The Morgan fingerprint density at radius 3 is 2.78 bits per heavy atom. The molecule has 0 N–H and O–H groups in total. The molecule has 0 aromatic heterocycles. The summed E-state index contributed by atoms with van der Waals surface area (Å²) in [5, 5.41) is 0. The van der Waals surface area contributed by atoms with Gasteiger partial charge in [-0.1, -0.05) is 17.7 Å². The van der Waals surface area contributed by atoms with Crippen LogP contribution in [0.3, 0.4) is 0 Å². The van der Waals surface area contributed by atoms with E-state index >= 15 is 0 Å². The Labute approximate surface area is 159 Å². The van der Waals surface area contributed by atoms with E-state index in [4.69, 9.17) is 9.47 Å². The van der Waals surface area contributed by atoms with E-state index in [0.29, 0.717) is 25.2 Å². The van der Waals surface area contributed by atoms with Crippen molar-refractivity contribution in [2.24, 2.45) is 0 Å². The highest BCUT2D eigenvalue weighted by molar-refractivity contribution is 5.94. The first-order valence-corrected chi connectivity index (χ1v) is 9.75. The fourth-order valence-corrected chi connectivity index (χ4v) is 4.18. The van der Waals surface area contributed by atoms with Gasteiger partial charge in [0.1, 0.15) is 6.10 Å². The van der Waals surface area contributed by atoms with Crippen molar-refractivity contribution < 1.29 is 19.1 Å². The van der Waals surface area contributed by atoms with Gasteiger partial charge < -0.3 is 14.4 Å². The molecule has 4 rings (SSSR count). The van der Waals surface area contributed by atoms with Crippen molar-refractivity contribution in [3.63, 3.8) is 0 Å². The van der Waals surface area contributed by atoms with Crippen LogP contribution in [0, 0.1) is 6.92 Å². The Hall–Kier alpha value is -2.12. The highest BCUT2D eigenvalue weighted by atomic mass is 16.6.